The highest BCUT2D eigenvalue weighted by Crippen LogP contribution is 2.24. The summed E-state index contributed by atoms with van der Waals surface area (Å²) < 4.78 is 7.12. The molecule has 0 aliphatic carbocycles. The molecule has 4 nitrogen and oxygen atoms in total. The SMILES string of the molecule is CC#CCSc1nnc(-c2ccc(OC)cc2)n1C. The molecular weight excluding hydrogens is 258 g/mol. The fraction of sp³-hybridized carbons (Fsp3) is 0.286. The molecule has 0 aliphatic heterocycles. The Bertz CT molecular complexity index is 608. The van der Waals surface area contributed by atoms with Crippen molar-refractivity contribution in [3.63, 3.8) is 0 Å². The number of thioether (sulfide) groups is 1. The van der Waals surface area contributed by atoms with Gasteiger partial charge in [0.05, 0.1) is 12.9 Å². The number of ether oxygens (including phenoxy) is 1. The van der Waals surface area contributed by atoms with Crippen LogP contribution in [0.3, 0.4) is 0 Å². The summed E-state index contributed by atoms with van der Waals surface area (Å²) in [6.45, 7) is 1.83. The van der Waals surface area contributed by atoms with Crippen LogP contribution in [0.1, 0.15) is 6.92 Å². The fourth-order valence-corrected chi connectivity index (χ4v) is 2.33. The summed E-state index contributed by atoms with van der Waals surface area (Å²) in [5, 5.41) is 9.28. The van der Waals surface area contributed by atoms with Crippen molar-refractivity contribution in [2.75, 3.05) is 12.9 Å². The van der Waals surface area contributed by atoms with Gasteiger partial charge in [0.1, 0.15) is 5.75 Å². The van der Waals surface area contributed by atoms with E-state index in [4.69, 9.17) is 4.74 Å². The third-order valence-corrected chi connectivity index (χ3v) is 3.54. The van der Waals surface area contributed by atoms with Crippen molar-refractivity contribution in [3.8, 4) is 29.0 Å². The molecule has 0 saturated heterocycles. The van der Waals surface area contributed by atoms with E-state index in [-0.39, 0.29) is 0 Å². The van der Waals surface area contributed by atoms with Gasteiger partial charge in [-0.1, -0.05) is 17.7 Å². The van der Waals surface area contributed by atoms with Gasteiger partial charge in [0.15, 0.2) is 11.0 Å². The lowest BCUT2D eigenvalue weighted by atomic mass is 10.2. The molecule has 1 aromatic heterocycles. The van der Waals surface area contributed by atoms with Gasteiger partial charge in [-0.2, -0.15) is 0 Å². The molecule has 5 heteroatoms. The largest absolute Gasteiger partial charge is 0.497 e. The maximum atomic E-state index is 5.14. The summed E-state index contributed by atoms with van der Waals surface area (Å²) in [5.74, 6) is 8.27. The molecule has 2 aromatic rings. The Hall–Kier alpha value is -1.93. The molecule has 0 unspecified atom stereocenters. The van der Waals surface area contributed by atoms with Crippen molar-refractivity contribution in [1.82, 2.24) is 14.8 Å². The molecule has 98 valence electrons. The average molecular weight is 273 g/mol. The lowest BCUT2D eigenvalue weighted by molar-refractivity contribution is 0.415. The Balaban J connectivity index is 2.21. The van der Waals surface area contributed by atoms with Crippen LogP contribution in [-0.2, 0) is 7.05 Å². The second-order valence-electron chi connectivity index (χ2n) is 3.81. The average Bonchev–Trinajstić information content (AvgIpc) is 2.81. The summed E-state index contributed by atoms with van der Waals surface area (Å²) in [4.78, 5) is 0. The molecule has 0 radical (unpaired) electrons. The Morgan fingerprint density at radius 3 is 2.63 bits per heavy atom. The van der Waals surface area contributed by atoms with Gasteiger partial charge >= 0.3 is 0 Å². The molecule has 0 N–H and O–H groups in total. The van der Waals surface area contributed by atoms with E-state index in [2.05, 4.69) is 22.0 Å². The number of hydrogen-bond acceptors (Lipinski definition) is 4. The smallest absolute Gasteiger partial charge is 0.192 e. The number of methoxy groups -OCH3 is 1. The van der Waals surface area contributed by atoms with Crippen LogP contribution in [0.4, 0.5) is 0 Å². The molecular formula is C14H15N3OS. The van der Waals surface area contributed by atoms with E-state index in [1.165, 1.54) is 0 Å². The number of rotatable bonds is 4. The molecule has 0 atom stereocenters. The predicted octanol–water partition coefficient (Wildman–Crippen LogP) is 2.61. The summed E-state index contributed by atoms with van der Waals surface area (Å²) in [6, 6.07) is 7.78. The van der Waals surface area contributed by atoms with Crippen molar-refractivity contribution < 1.29 is 4.74 Å². The van der Waals surface area contributed by atoms with Gasteiger partial charge in [0, 0.05) is 12.6 Å². The molecule has 0 aliphatic rings. The summed E-state index contributed by atoms with van der Waals surface area (Å²) >= 11 is 1.59. The standard InChI is InChI=1S/C14H15N3OS/c1-4-5-10-19-14-16-15-13(17(14)2)11-6-8-12(18-3)9-7-11/h6-9H,10H2,1-3H3. The van der Waals surface area contributed by atoms with E-state index >= 15 is 0 Å². The van der Waals surface area contributed by atoms with Gasteiger partial charge in [-0.3, -0.25) is 0 Å². The maximum absolute atomic E-state index is 5.14. The minimum absolute atomic E-state index is 0.727. The first-order valence-corrected chi connectivity index (χ1v) is 6.81. The van der Waals surface area contributed by atoms with Crippen molar-refractivity contribution in [2.24, 2.45) is 7.05 Å². The Labute approximate surface area is 117 Å². The number of nitrogens with zero attached hydrogens (tertiary/aromatic N) is 3. The molecule has 1 aromatic carbocycles. The highest BCUT2D eigenvalue weighted by molar-refractivity contribution is 7.99. The first kappa shape index (κ1) is 13.5. The quantitative estimate of drug-likeness (QED) is 0.634. The topological polar surface area (TPSA) is 39.9 Å². The normalized spacial score (nSPS) is 9.84. The molecule has 0 bridgehead atoms. The number of hydrogen-bond donors (Lipinski definition) is 0. The fourth-order valence-electron chi connectivity index (χ4n) is 1.60. The van der Waals surface area contributed by atoms with Gasteiger partial charge < -0.3 is 9.30 Å². The van der Waals surface area contributed by atoms with Crippen LogP contribution in [0, 0.1) is 11.8 Å². The first-order valence-electron chi connectivity index (χ1n) is 5.82. The van der Waals surface area contributed by atoms with Gasteiger partial charge in [-0.25, -0.2) is 0 Å². The van der Waals surface area contributed by atoms with E-state index in [1.807, 2.05) is 42.8 Å². The van der Waals surface area contributed by atoms with Crippen LogP contribution in [0.2, 0.25) is 0 Å². The molecule has 0 fully saturated rings. The molecule has 1 heterocycles. The lowest BCUT2D eigenvalue weighted by Crippen LogP contribution is -1.95. The zero-order valence-corrected chi connectivity index (χ0v) is 12.0. The van der Waals surface area contributed by atoms with Gasteiger partial charge in [-0.05, 0) is 31.2 Å². The van der Waals surface area contributed by atoms with Crippen LogP contribution >= 0.6 is 11.8 Å². The van der Waals surface area contributed by atoms with Crippen LogP contribution in [0.15, 0.2) is 29.4 Å². The van der Waals surface area contributed by atoms with E-state index in [9.17, 15) is 0 Å². The Kier molecular flexibility index (Phi) is 4.48. The first-order chi connectivity index (χ1) is 9.26. The zero-order chi connectivity index (χ0) is 13.7. The molecule has 19 heavy (non-hydrogen) atoms. The van der Waals surface area contributed by atoms with Crippen molar-refractivity contribution in [2.45, 2.75) is 12.1 Å². The van der Waals surface area contributed by atoms with Gasteiger partial charge in [-0.15, -0.1) is 16.1 Å². The van der Waals surface area contributed by atoms with E-state index in [1.54, 1.807) is 18.9 Å². The van der Waals surface area contributed by atoms with Crippen LogP contribution in [-0.4, -0.2) is 27.6 Å². The molecule has 2 rings (SSSR count). The van der Waals surface area contributed by atoms with Crippen molar-refractivity contribution >= 4 is 11.8 Å². The van der Waals surface area contributed by atoms with Crippen LogP contribution in [0.25, 0.3) is 11.4 Å². The second kappa shape index (κ2) is 6.30. The van der Waals surface area contributed by atoms with Crippen LogP contribution in [0.5, 0.6) is 5.75 Å². The Morgan fingerprint density at radius 2 is 2.00 bits per heavy atom. The Morgan fingerprint density at radius 1 is 1.26 bits per heavy atom. The zero-order valence-electron chi connectivity index (χ0n) is 11.2. The van der Waals surface area contributed by atoms with E-state index in [0.717, 1.165) is 28.0 Å². The minimum atomic E-state index is 0.727. The lowest BCUT2D eigenvalue weighted by Gasteiger charge is -2.04. The minimum Gasteiger partial charge on any atom is -0.497 e. The highest BCUT2D eigenvalue weighted by atomic mass is 32.2. The van der Waals surface area contributed by atoms with E-state index in [0.29, 0.717) is 0 Å². The van der Waals surface area contributed by atoms with Crippen molar-refractivity contribution in [3.05, 3.63) is 24.3 Å². The van der Waals surface area contributed by atoms with Crippen LogP contribution < -0.4 is 4.74 Å². The van der Waals surface area contributed by atoms with Gasteiger partial charge in [0.25, 0.3) is 0 Å². The number of aromatic nitrogens is 3. The number of benzene rings is 1. The molecule has 0 spiro atoms. The van der Waals surface area contributed by atoms with Gasteiger partial charge in [0.2, 0.25) is 0 Å². The van der Waals surface area contributed by atoms with Crippen molar-refractivity contribution in [1.29, 1.82) is 0 Å². The monoisotopic (exact) mass is 273 g/mol. The third kappa shape index (κ3) is 3.09. The summed E-state index contributed by atoms with van der Waals surface area (Å²) in [5.41, 5.74) is 1.02. The summed E-state index contributed by atoms with van der Waals surface area (Å²) in [7, 11) is 3.61. The highest BCUT2D eigenvalue weighted by Gasteiger charge is 2.10. The third-order valence-electron chi connectivity index (χ3n) is 2.63. The second-order valence-corrected chi connectivity index (χ2v) is 4.75. The molecule has 0 saturated carbocycles. The molecule has 0 amide bonds. The summed E-state index contributed by atoms with van der Waals surface area (Å²) in [6.07, 6.45) is 0. The maximum Gasteiger partial charge on any atom is 0.192 e. The van der Waals surface area contributed by atoms with E-state index < -0.39 is 0 Å². The predicted molar refractivity (Wildman–Crippen MR) is 77.2 cm³/mol.